The van der Waals surface area contributed by atoms with Gasteiger partial charge in [-0.3, -0.25) is 4.79 Å². The second kappa shape index (κ2) is 7.56. The van der Waals surface area contributed by atoms with Gasteiger partial charge in [-0.2, -0.15) is 0 Å². The molecule has 0 aliphatic rings. The molecular formula is C16H13F6N2O+. The number of anilines is 1. The zero-order chi connectivity index (χ0) is 18.7. The lowest BCUT2D eigenvalue weighted by atomic mass is 10.2. The molecule has 1 atom stereocenters. The van der Waals surface area contributed by atoms with Crippen LogP contribution in [0.5, 0.6) is 0 Å². The van der Waals surface area contributed by atoms with Gasteiger partial charge < -0.3 is 10.2 Å². The van der Waals surface area contributed by atoms with Crippen LogP contribution in [0.4, 0.5) is 32.0 Å². The van der Waals surface area contributed by atoms with Crippen molar-refractivity contribution in [2.24, 2.45) is 0 Å². The normalized spacial score (nSPS) is 12.1. The lowest BCUT2D eigenvalue weighted by Crippen LogP contribution is -3.08. The molecule has 3 nitrogen and oxygen atoms in total. The first-order valence-corrected chi connectivity index (χ1v) is 7.07. The van der Waals surface area contributed by atoms with E-state index in [1.54, 1.807) is 12.4 Å². The van der Waals surface area contributed by atoms with Crippen molar-refractivity contribution in [1.82, 2.24) is 0 Å². The van der Waals surface area contributed by atoms with Crippen LogP contribution in [0.15, 0.2) is 24.3 Å². The van der Waals surface area contributed by atoms with E-state index in [1.165, 1.54) is 24.3 Å². The number of likely N-dealkylation sites (N-methyl/N-ethyl adjacent to an activating group) is 1. The summed E-state index contributed by atoms with van der Waals surface area (Å²) in [6, 6.07) is 5.47. The number of quaternary nitrogens is 1. The van der Waals surface area contributed by atoms with Crippen molar-refractivity contribution in [2.75, 3.05) is 18.9 Å². The van der Waals surface area contributed by atoms with Gasteiger partial charge >= 0.3 is 0 Å². The van der Waals surface area contributed by atoms with E-state index in [4.69, 9.17) is 0 Å². The second-order valence-corrected chi connectivity index (χ2v) is 5.43. The smallest absolute Gasteiger partial charge is 0.279 e. The van der Waals surface area contributed by atoms with Crippen LogP contribution in [0, 0.1) is 34.9 Å². The average Bonchev–Trinajstić information content (AvgIpc) is 2.57. The highest BCUT2D eigenvalue weighted by Crippen LogP contribution is 2.26. The fraction of sp³-hybridized carbons (Fsp3) is 0.188. The molecule has 1 amide bonds. The van der Waals surface area contributed by atoms with Crippen molar-refractivity contribution in [2.45, 2.75) is 6.54 Å². The Morgan fingerprint density at radius 1 is 0.880 bits per heavy atom. The predicted octanol–water partition coefficient (Wildman–Crippen LogP) is 2.17. The summed E-state index contributed by atoms with van der Waals surface area (Å²) in [6.45, 7) is -0.0261. The molecule has 2 rings (SSSR count). The van der Waals surface area contributed by atoms with Crippen LogP contribution in [-0.4, -0.2) is 19.5 Å². The van der Waals surface area contributed by atoms with E-state index in [-0.39, 0.29) is 13.1 Å². The number of carbonyl (C=O) groups is 1. The Hall–Kier alpha value is -2.55. The molecule has 0 fully saturated rings. The lowest BCUT2D eigenvalue weighted by Gasteiger charge is -2.15. The minimum absolute atomic E-state index is 0.283. The first kappa shape index (κ1) is 18.8. The third kappa shape index (κ3) is 4.30. The molecule has 25 heavy (non-hydrogen) atoms. The third-order valence-electron chi connectivity index (χ3n) is 3.36. The Kier molecular flexibility index (Phi) is 5.68. The largest absolute Gasteiger partial charge is 0.326 e. The molecule has 2 aromatic rings. The maximum Gasteiger partial charge on any atom is 0.279 e. The number of hydrogen-bond donors (Lipinski definition) is 2. The number of rotatable bonds is 5. The molecule has 9 heteroatoms. The number of carbonyl (C=O) groups excluding carboxylic acids is 1. The van der Waals surface area contributed by atoms with Gasteiger partial charge in [-0.15, -0.1) is 0 Å². The molecule has 2 aromatic carbocycles. The van der Waals surface area contributed by atoms with Crippen molar-refractivity contribution in [3.05, 3.63) is 64.7 Å². The zero-order valence-corrected chi connectivity index (χ0v) is 12.9. The standard InChI is InChI=1S/C16H12F6N2O/c1-24(6-8-2-4-9(17)5-3-8)7-10(25)23-16-14(21)12(19)11(18)13(20)15(16)22/h2-5H,6-7H2,1H3,(H,23,25)/p+1. The number of hydrogen-bond acceptors (Lipinski definition) is 1. The summed E-state index contributed by atoms with van der Waals surface area (Å²) in [5.41, 5.74) is -0.695. The summed E-state index contributed by atoms with van der Waals surface area (Å²) in [5, 5.41) is 1.70. The molecular weight excluding hydrogens is 350 g/mol. The summed E-state index contributed by atoms with van der Waals surface area (Å²) < 4.78 is 78.9. The number of halogens is 6. The molecule has 1 unspecified atom stereocenters. The quantitative estimate of drug-likeness (QED) is 0.477. The Balaban J connectivity index is 2.06. The van der Waals surface area contributed by atoms with Gasteiger partial charge in [-0.25, -0.2) is 26.3 Å². The van der Waals surface area contributed by atoms with Crippen LogP contribution in [0.25, 0.3) is 0 Å². The topological polar surface area (TPSA) is 33.5 Å². The second-order valence-electron chi connectivity index (χ2n) is 5.43. The summed E-state index contributed by atoms with van der Waals surface area (Å²) in [7, 11) is 1.57. The summed E-state index contributed by atoms with van der Waals surface area (Å²) >= 11 is 0. The van der Waals surface area contributed by atoms with E-state index in [9.17, 15) is 31.1 Å². The van der Waals surface area contributed by atoms with Gasteiger partial charge in [-0.05, 0) is 12.1 Å². The molecule has 0 aromatic heterocycles. The van der Waals surface area contributed by atoms with Crippen molar-refractivity contribution in [3.8, 4) is 0 Å². The Morgan fingerprint density at radius 3 is 1.88 bits per heavy atom. The van der Waals surface area contributed by atoms with Crippen molar-refractivity contribution in [3.63, 3.8) is 0 Å². The van der Waals surface area contributed by atoms with Gasteiger partial charge in [-0.1, -0.05) is 12.1 Å². The maximum absolute atomic E-state index is 13.5. The minimum Gasteiger partial charge on any atom is -0.326 e. The number of nitrogens with one attached hydrogen (secondary N) is 2. The monoisotopic (exact) mass is 363 g/mol. The van der Waals surface area contributed by atoms with E-state index in [2.05, 4.69) is 0 Å². The van der Waals surface area contributed by atoms with Crippen LogP contribution in [0.3, 0.4) is 0 Å². The molecule has 0 bridgehead atoms. The minimum atomic E-state index is -2.30. The number of benzene rings is 2. The van der Waals surface area contributed by atoms with Gasteiger partial charge in [0, 0.05) is 5.56 Å². The summed E-state index contributed by atoms with van der Waals surface area (Å²) in [5.74, 6) is -12.2. The van der Waals surface area contributed by atoms with Gasteiger partial charge in [0.05, 0.1) is 7.05 Å². The molecule has 0 aliphatic heterocycles. The Labute approximate surface area is 138 Å². The molecule has 0 spiro atoms. The van der Waals surface area contributed by atoms with Gasteiger partial charge in [0.15, 0.2) is 29.8 Å². The molecule has 0 aliphatic carbocycles. The Morgan fingerprint density at radius 2 is 1.36 bits per heavy atom. The Bertz CT molecular complexity index is 765. The van der Waals surface area contributed by atoms with E-state index >= 15 is 0 Å². The summed E-state index contributed by atoms with van der Waals surface area (Å²) in [6.07, 6.45) is 0. The maximum atomic E-state index is 13.5. The van der Waals surface area contributed by atoms with Gasteiger partial charge in [0.25, 0.3) is 5.91 Å². The zero-order valence-electron chi connectivity index (χ0n) is 12.9. The fourth-order valence-electron chi connectivity index (χ4n) is 2.19. The first-order chi connectivity index (χ1) is 11.7. The van der Waals surface area contributed by atoms with E-state index in [0.29, 0.717) is 10.5 Å². The first-order valence-electron chi connectivity index (χ1n) is 7.07. The molecule has 0 heterocycles. The van der Waals surface area contributed by atoms with Crippen LogP contribution in [0.2, 0.25) is 0 Å². The van der Waals surface area contributed by atoms with Crippen LogP contribution in [-0.2, 0) is 11.3 Å². The fourth-order valence-corrected chi connectivity index (χ4v) is 2.19. The predicted molar refractivity (Wildman–Crippen MR) is 76.7 cm³/mol. The van der Waals surface area contributed by atoms with E-state index in [1.807, 2.05) is 0 Å². The van der Waals surface area contributed by atoms with Crippen molar-refractivity contribution < 1.29 is 36.0 Å². The highest BCUT2D eigenvalue weighted by Gasteiger charge is 2.27. The molecule has 134 valence electrons. The van der Waals surface area contributed by atoms with Gasteiger partial charge in [0.2, 0.25) is 5.82 Å². The molecule has 0 radical (unpaired) electrons. The third-order valence-corrected chi connectivity index (χ3v) is 3.36. The lowest BCUT2D eigenvalue weighted by molar-refractivity contribution is -0.885. The highest BCUT2D eigenvalue weighted by molar-refractivity contribution is 5.91. The highest BCUT2D eigenvalue weighted by atomic mass is 19.2. The number of amides is 1. The summed E-state index contributed by atoms with van der Waals surface area (Å²) in [4.78, 5) is 12.4. The van der Waals surface area contributed by atoms with Crippen LogP contribution in [0.1, 0.15) is 5.56 Å². The van der Waals surface area contributed by atoms with Gasteiger partial charge in [0.1, 0.15) is 18.0 Å². The molecule has 2 N–H and O–H groups in total. The van der Waals surface area contributed by atoms with E-state index in [0.717, 1.165) is 0 Å². The molecule has 0 saturated carbocycles. The van der Waals surface area contributed by atoms with E-state index < -0.39 is 46.5 Å². The van der Waals surface area contributed by atoms with Crippen molar-refractivity contribution in [1.29, 1.82) is 0 Å². The SMILES string of the molecule is C[NH+](CC(=O)Nc1c(F)c(F)c(F)c(F)c1F)Cc1ccc(F)cc1. The average molecular weight is 363 g/mol. The molecule has 0 saturated heterocycles. The van der Waals surface area contributed by atoms with Crippen LogP contribution >= 0.6 is 0 Å². The van der Waals surface area contributed by atoms with Crippen LogP contribution < -0.4 is 10.2 Å². The van der Waals surface area contributed by atoms with Crippen molar-refractivity contribution >= 4 is 11.6 Å².